The Morgan fingerprint density at radius 2 is 2.06 bits per heavy atom. The highest BCUT2D eigenvalue weighted by atomic mass is 19.1. The molecule has 2 aromatic rings. The van der Waals surface area contributed by atoms with Crippen LogP contribution in [0.2, 0.25) is 0 Å². The SMILES string of the molecule is Cc1ccc(N)cc1Oc1ccc(F)cn1. The number of aryl methyl sites for hydroxylation is 1. The summed E-state index contributed by atoms with van der Waals surface area (Å²) in [5.41, 5.74) is 7.20. The van der Waals surface area contributed by atoms with Gasteiger partial charge in [-0.25, -0.2) is 9.37 Å². The second-order valence-corrected chi connectivity index (χ2v) is 3.44. The fourth-order valence-corrected chi connectivity index (χ4v) is 1.26. The molecule has 0 aliphatic rings. The van der Waals surface area contributed by atoms with Gasteiger partial charge in [-0.05, 0) is 24.6 Å². The topological polar surface area (TPSA) is 48.1 Å². The van der Waals surface area contributed by atoms with Crippen LogP contribution in [0.5, 0.6) is 11.6 Å². The molecule has 0 bridgehead atoms. The molecule has 2 N–H and O–H groups in total. The summed E-state index contributed by atoms with van der Waals surface area (Å²) in [4.78, 5) is 3.81. The largest absolute Gasteiger partial charge is 0.439 e. The molecule has 4 heteroatoms. The van der Waals surface area contributed by atoms with Crippen LogP contribution in [0.1, 0.15) is 5.56 Å². The van der Waals surface area contributed by atoms with Crippen molar-refractivity contribution in [1.82, 2.24) is 4.98 Å². The Hall–Kier alpha value is -2.10. The molecule has 1 heterocycles. The van der Waals surface area contributed by atoms with Crippen molar-refractivity contribution in [2.75, 3.05) is 5.73 Å². The fourth-order valence-electron chi connectivity index (χ4n) is 1.26. The minimum absolute atomic E-state index is 0.343. The van der Waals surface area contributed by atoms with E-state index in [0.29, 0.717) is 17.3 Å². The number of hydrogen-bond donors (Lipinski definition) is 1. The third-order valence-electron chi connectivity index (χ3n) is 2.13. The van der Waals surface area contributed by atoms with Crippen LogP contribution in [0.3, 0.4) is 0 Å². The maximum atomic E-state index is 12.6. The average molecular weight is 218 g/mol. The van der Waals surface area contributed by atoms with E-state index in [0.717, 1.165) is 11.8 Å². The average Bonchev–Trinajstić information content (AvgIpc) is 2.27. The lowest BCUT2D eigenvalue weighted by Gasteiger charge is -2.08. The van der Waals surface area contributed by atoms with Crippen molar-refractivity contribution >= 4 is 5.69 Å². The minimum atomic E-state index is -0.392. The van der Waals surface area contributed by atoms with E-state index in [9.17, 15) is 4.39 Å². The maximum absolute atomic E-state index is 12.6. The monoisotopic (exact) mass is 218 g/mol. The molecule has 2 rings (SSSR count). The fraction of sp³-hybridized carbons (Fsp3) is 0.0833. The number of hydrogen-bond acceptors (Lipinski definition) is 3. The van der Waals surface area contributed by atoms with E-state index in [1.807, 2.05) is 13.0 Å². The summed E-state index contributed by atoms with van der Waals surface area (Å²) in [6.45, 7) is 1.90. The number of anilines is 1. The van der Waals surface area contributed by atoms with Gasteiger partial charge in [-0.2, -0.15) is 0 Å². The van der Waals surface area contributed by atoms with Gasteiger partial charge in [0.05, 0.1) is 6.20 Å². The van der Waals surface area contributed by atoms with Crippen LogP contribution >= 0.6 is 0 Å². The van der Waals surface area contributed by atoms with Crippen LogP contribution in [0, 0.1) is 12.7 Å². The summed E-state index contributed by atoms with van der Waals surface area (Å²) in [5.74, 6) is 0.575. The van der Waals surface area contributed by atoms with Crippen molar-refractivity contribution in [2.24, 2.45) is 0 Å². The normalized spacial score (nSPS) is 10.1. The standard InChI is InChI=1S/C12H11FN2O/c1-8-2-4-10(14)6-11(8)16-12-5-3-9(13)7-15-12/h2-7H,14H2,1H3. The van der Waals surface area contributed by atoms with Gasteiger partial charge in [-0.3, -0.25) is 0 Å². The zero-order chi connectivity index (χ0) is 11.5. The Morgan fingerprint density at radius 1 is 1.25 bits per heavy atom. The van der Waals surface area contributed by atoms with E-state index in [-0.39, 0.29) is 0 Å². The van der Waals surface area contributed by atoms with Crippen molar-refractivity contribution in [2.45, 2.75) is 6.92 Å². The minimum Gasteiger partial charge on any atom is -0.439 e. The number of halogens is 1. The number of nitrogen functional groups attached to an aromatic ring is 1. The molecule has 0 fully saturated rings. The molecule has 0 radical (unpaired) electrons. The van der Waals surface area contributed by atoms with Gasteiger partial charge >= 0.3 is 0 Å². The highest BCUT2D eigenvalue weighted by molar-refractivity contribution is 5.48. The molecule has 0 aliphatic carbocycles. The van der Waals surface area contributed by atoms with Gasteiger partial charge in [-0.15, -0.1) is 0 Å². The van der Waals surface area contributed by atoms with E-state index >= 15 is 0 Å². The molecule has 16 heavy (non-hydrogen) atoms. The van der Waals surface area contributed by atoms with E-state index in [1.165, 1.54) is 12.1 Å². The van der Waals surface area contributed by atoms with Gasteiger partial charge in [0.25, 0.3) is 0 Å². The lowest BCUT2D eigenvalue weighted by molar-refractivity contribution is 0.456. The Balaban J connectivity index is 2.26. The lowest BCUT2D eigenvalue weighted by atomic mass is 10.2. The van der Waals surface area contributed by atoms with Crippen molar-refractivity contribution in [3.05, 3.63) is 47.9 Å². The Labute approximate surface area is 92.7 Å². The molecule has 1 aromatic heterocycles. The quantitative estimate of drug-likeness (QED) is 0.788. The number of aromatic nitrogens is 1. The summed E-state index contributed by atoms with van der Waals surface area (Å²) in [5, 5.41) is 0. The zero-order valence-corrected chi connectivity index (χ0v) is 8.77. The van der Waals surface area contributed by atoms with Crippen molar-refractivity contribution in [3.8, 4) is 11.6 Å². The van der Waals surface area contributed by atoms with E-state index in [4.69, 9.17) is 10.5 Å². The Morgan fingerprint density at radius 3 is 2.75 bits per heavy atom. The van der Waals surface area contributed by atoms with Crippen LogP contribution in [0.25, 0.3) is 0 Å². The van der Waals surface area contributed by atoms with Crippen molar-refractivity contribution in [3.63, 3.8) is 0 Å². The number of pyridine rings is 1. The smallest absolute Gasteiger partial charge is 0.219 e. The predicted molar refractivity (Wildman–Crippen MR) is 59.9 cm³/mol. The Kier molecular flexibility index (Phi) is 2.72. The highest BCUT2D eigenvalue weighted by Crippen LogP contribution is 2.25. The molecular weight excluding hydrogens is 207 g/mol. The first-order chi connectivity index (χ1) is 7.65. The van der Waals surface area contributed by atoms with Crippen molar-refractivity contribution < 1.29 is 9.13 Å². The molecule has 0 spiro atoms. The first-order valence-corrected chi connectivity index (χ1v) is 4.81. The second kappa shape index (κ2) is 4.18. The number of ether oxygens (including phenoxy) is 1. The molecule has 0 aliphatic heterocycles. The van der Waals surface area contributed by atoms with E-state index in [2.05, 4.69) is 4.98 Å². The molecule has 0 atom stereocenters. The Bertz CT molecular complexity index is 497. The third-order valence-corrected chi connectivity index (χ3v) is 2.13. The number of nitrogens with two attached hydrogens (primary N) is 1. The van der Waals surface area contributed by atoms with Crippen LogP contribution in [0.4, 0.5) is 10.1 Å². The van der Waals surface area contributed by atoms with Gasteiger partial charge in [-0.1, -0.05) is 6.07 Å². The van der Waals surface area contributed by atoms with Gasteiger partial charge in [0.2, 0.25) is 5.88 Å². The predicted octanol–water partition coefficient (Wildman–Crippen LogP) is 2.90. The van der Waals surface area contributed by atoms with Crippen molar-refractivity contribution in [1.29, 1.82) is 0 Å². The number of rotatable bonds is 2. The highest BCUT2D eigenvalue weighted by Gasteiger charge is 2.03. The van der Waals surface area contributed by atoms with Gasteiger partial charge in [0, 0.05) is 17.8 Å². The summed E-state index contributed by atoms with van der Waals surface area (Å²) in [6, 6.07) is 8.12. The first-order valence-electron chi connectivity index (χ1n) is 4.81. The van der Waals surface area contributed by atoms with Gasteiger partial charge in [0.15, 0.2) is 0 Å². The summed E-state index contributed by atoms with van der Waals surface area (Å²) in [6.07, 6.45) is 1.11. The van der Waals surface area contributed by atoms with Crippen LogP contribution in [0.15, 0.2) is 36.5 Å². The molecule has 0 saturated heterocycles. The molecular formula is C12H11FN2O. The van der Waals surface area contributed by atoms with Gasteiger partial charge < -0.3 is 10.5 Å². The van der Waals surface area contributed by atoms with Gasteiger partial charge in [0.1, 0.15) is 11.6 Å². The molecule has 1 aromatic carbocycles. The van der Waals surface area contributed by atoms with Crippen LogP contribution < -0.4 is 10.5 Å². The summed E-state index contributed by atoms with van der Waals surface area (Å²) in [7, 11) is 0. The molecule has 0 unspecified atom stereocenters. The molecule has 82 valence electrons. The van der Waals surface area contributed by atoms with E-state index < -0.39 is 5.82 Å². The number of benzene rings is 1. The molecule has 0 amide bonds. The summed E-state index contributed by atoms with van der Waals surface area (Å²) < 4.78 is 18.1. The zero-order valence-electron chi connectivity index (χ0n) is 8.77. The van der Waals surface area contributed by atoms with Crippen LogP contribution in [-0.4, -0.2) is 4.98 Å². The van der Waals surface area contributed by atoms with Crippen LogP contribution in [-0.2, 0) is 0 Å². The molecule has 0 saturated carbocycles. The summed E-state index contributed by atoms with van der Waals surface area (Å²) >= 11 is 0. The maximum Gasteiger partial charge on any atom is 0.219 e. The third kappa shape index (κ3) is 2.28. The second-order valence-electron chi connectivity index (χ2n) is 3.44. The first kappa shape index (κ1) is 10.4. The lowest BCUT2D eigenvalue weighted by Crippen LogP contribution is -1.92. The van der Waals surface area contributed by atoms with E-state index in [1.54, 1.807) is 12.1 Å². The number of nitrogens with zero attached hydrogens (tertiary/aromatic N) is 1. The molecule has 3 nitrogen and oxygen atoms in total.